The highest BCUT2D eigenvalue weighted by Crippen LogP contribution is 2.13. The molecule has 1 atom stereocenters. The molecule has 0 amide bonds. The molecule has 0 saturated heterocycles. The zero-order valence-electron chi connectivity index (χ0n) is 8.27. The second-order valence-electron chi connectivity index (χ2n) is 3.08. The first-order valence-corrected chi connectivity index (χ1v) is 4.83. The van der Waals surface area contributed by atoms with E-state index >= 15 is 0 Å². The minimum Gasteiger partial charge on any atom is -0.388 e. The molecule has 0 spiro atoms. The van der Waals surface area contributed by atoms with Crippen LogP contribution in [0.1, 0.15) is 46.0 Å². The maximum atomic E-state index is 9.48. The SMILES string of the molecule is C=C=C(CCCCC)[C@@H](O)CC. The minimum atomic E-state index is -0.320. The molecule has 0 rings (SSSR count). The normalized spacial score (nSPS) is 12.2. The van der Waals surface area contributed by atoms with E-state index in [2.05, 4.69) is 19.2 Å². The number of aliphatic hydroxyl groups excluding tert-OH is 1. The van der Waals surface area contributed by atoms with Gasteiger partial charge in [0.1, 0.15) is 0 Å². The summed E-state index contributed by atoms with van der Waals surface area (Å²) in [6.45, 7) is 7.73. The Morgan fingerprint density at radius 1 is 1.42 bits per heavy atom. The molecule has 0 saturated carbocycles. The van der Waals surface area contributed by atoms with Crippen molar-refractivity contribution in [2.24, 2.45) is 0 Å². The van der Waals surface area contributed by atoms with Gasteiger partial charge in [-0.15, -0.1) is 5.73 Å². The number of unbranched alkanes of at least 4 members (excludes halogenated alkanes) is 2. The summed E-state index contributed by atoms with van der Waals surface area (Å²) in [5.74, 6) is 0. The van der Waals surface area contributed by atoms with Gasteiger partial charge in [0.25, 0.3) is 0 Å². The van der Waals surface area contributed by atoms with E-state index < -0.39 is 0 Å². The van der Waals surface area contributed by atoms with Crippen LogP contribution in [0, 0.1) is 0 Å². The van der Waals surface area contributed by atoms with E-state index in [1.807, 2.05) is 6.92 Å². The van der Waals surface area contributed by atoms with Gasteiger partial charge < -0.3 is 5.11 Å². The van der Waals surface area contributed by atoms with Crippen molar-refractivity contribution in [3.8, 4) is 0 Å². The Balaban J connectivity index is 3.77. The zero-order valence-corrected chi connectivity index (χ0v) is 8.27. The smallest absolute Gasteiger partial charge is 0.0820 e. The van der Waals surface area contributed by atoms with Crippen LogP contribution in [0.4, 0.5) is 0 Å². The molecule has 0 radical (unpaired) electrons. The Bertz CT molecular complexity index is 154. The lowest BCUT2D eigenvalue weighted by Gasteiger charge is -2.09. The van der Waals surface area contributed by atoms with Gasteiger partial charge in [0.2, 0.25) is 0 Å². The third kappa shape index (κ3) is 4.38. The molecular weight excluding hydrogens is 148 g/mol. The van der Waals surface area contributed by atoms with E-state index in [1.54, 1.807) is 0 Å². The maximum absolute atomic E-state index is 9.48. The largest absolute Gasteiger partial charge is 0.388 e. The first-order valence-electron chi connectivity index (χ1n) is 4.83. The Kier molecular flexibility index (Phi) is 6.84. The van der Waals surface area contributed by atoms with Crippen LogP contribution in [-0.2, 0) is 0 Å². The van der Waals surface area contributed by atoms with Gasteiger partial charge in [0, 0.05) is 0 Å². The highest BCUT2D eigenvalue weighted by molar-refractivity contribution is 5.04. The van der Waals surface area contributed by atoms with E-state index in [1.165, 1.54) is 12.8 Å². The van der Waals surface area contributed by atoms with Crippen LogP contribution in [-0.4, -0.2) is 11.2 Å². The summed E-state index contributed by atoms with van der Waals surface area (Å²) in [4.78, 5) is 0. The number of rotatable bonds is 6. The van der Waals surface area contributed by atoms with E-state index in [4.69, 9.17) is 0 Å². The van der Waals surface area contributed by atoms with Crippen LogP contribution >= 0.6 is 0 Å². The average Bonchev–Trinajstić information content (AvgIpc) is 2.11. The van der Waals surface area contributed by atoms with Crippen molar-refractivity contribution in [1.82, 2.24) is 0 Å². The summed E-state index contributed by atoms with van der Waals surface area (Å²) in [6, 6.07) is 0. The lowest BCUT2D eigenvalue weighted by atomic mass is 10.0. The minimum absolute atomic E-state index is 0.320. The molecule has 70 valence electrons. The average molecular weight is 168 g/mol. The number of hydrogen-bond donors (Lipinski definition) is 1. The van der Waals surface area contributed by atoms with Gasteiger partial charge in [-0.1, -0.05) is 33.3 Å². The van der Waals surface area contributed by atoms with Gasteiger partial charge in [-0.05, 0) is 24.8 Å². The van der Waals surface area contributed by atoms with Crippen molar-refractivity contribution in [3.63, 3.8) is 0 Å². The van der Waals surface area contributed by atoms with Gasteiger partial charge in [0.05, 0.1) is 6.10 Å². The molecule has 0 aliphatic heterocycles. The van der Waals surface area contributed by atoms with Crippen molar-refractivity contribution < 1.29 is 5.11 Å². The van der Waals surface area contributed by atoms with E-state index in [9.17, 15) is 5.11 Å². The van der Waals surface area contributed by atoms with Gasteiger partial charge in [-0.2, -0.15) is 0 Å². The van der Waals surface area contributed by atoms with Crippen molar-refractivity contribution in [2.45, 2.75) is 52.1 Å². The Morgan fingerprint density at radius 2 is 2.08 bits per heavy atom. The second kappa shape index (κ2) is 7.15. The molecule has 0 aliphatic carbocycles. The zero-order chi connectivity index (χ0) is 9.40. The molecular formula is C11H20O. The Labute approximate surface area is 75.8 Å². The number of aliphatic hydroxyl groups is 1. The molecule has 1 nitrogen and oxygen atoms in total. The molecule has 0 aromatic heterocycles. The molecule has 1 N–H and O–H groups in total. The van der Waals surface area contributed by atoms with Crippen molar-refractivity contribution in [2.75, 3.05) is 0 Å². The predicted octanol–water partition coefficient (Wildman–Crippen LogP) is 3.05. The van der Waals surface area contributed by atoms with Crippen LogP contribution in [0.3, 0.4) is 0 Å². The van der Waals surface area contributed by atoms with Crippen LogP contribution in [0.15, 0.2) is 17.9 Å². The van der Waals surface area contributed by atoms with Gasteiger partial charge in [-0.25, -0.2) is 0 Å². The lowest BCUT2D eigenvalue weighted by molar-refractivity contribution is 0.202. The fourth-order valence-electron chi connectivity index (χ4n) is 1.18. The molecule has 0 aromatic rings. The predicted molar refractivity (Wildman–Crippen MR) is 53.1 cm³/mol. The summed E-state index contributed by atoms with van der Waals surface area (Å²) < 4.78 is 0. The maximum Gasteiger partial charge on any atom is 0.0820 e. The monoisotopic (exact) mass is 168 g/mol. The standard InChI is InChI=1S/C11H20O/c1-4-7-8-9-10(5-2)11(12)6-3/h11-12H,2,4,6-9H2,1,3H3/t11-/m0/s1. The summed E-state index contributed by atoms with van der Waals surface area (Å²) in [5.41, 5.74) is 3.81. The van der Waals surface area contributed by atoms with Crippen LogP contribution in [0.5, 0.6) is 0 Å². The summed E-state index contributed by atoms with van der Waals surface area (Å²) >= 11 is 0. The lowest BCUT2D eigenvalue weighted by Crippen LogP contribution is -2.07. The third-order valence-corrected chi connectivity index (χ3v) is 2.07. The first kappa shape index (κ1) is 11.5. The van der Waals surface area contributed by atoms with E-state index in [0.717, 1.165) is 24.8 Å². The molecule has 0 aromatic carbocycles. The molecule has 12 heavy (non-hydrogen) atoms. The first-order chi connectivity index (χ1) is 5.76. The molecule has 1 heteroatoms. The molecule has 0 heterocycles. The quantitative estimate of drug-likeness (QED) is 0.477. The van der Waals surface area contributed by atoms with Gasteiger partial charge >= 0.3 is 0 Å². The second-order valence-corrected chi connectivity index (χ2v) is 3.08. The van der Waals surface area contributed by atoms with Crippen molar-refractivity contribution in [3.05, 3.63) is 17.9 Å². The highest BCUT2D eigenvalue weighted by atomic mass is 16.3. The summed E-state index contributed by atoms with van der Waals surface area (Å²) in [7, 11) is 0. The van der Waals surface area contributed by atoms with Crippen molar-refractivity contribution in [1.29, 1.82) is 0 Å². The summed E-state index contributed by atoms with van der Waals surface area (Å²) in [6.07, 6.45) is 4.98. The molecule has 0 bridgehead atoms. The van der Waals surface area contributed by atoms with Crippen LogP contribution in [0.2, 0.25) is 0 Å². The third-order valence-electron chi connectivity index (χ3n) is 2.07. The van der Waals surface area contributed by atoms with E-state index in [-0.39, 0.29) is 6.10 Å². The topological polar surface area (TPSA) is 20.2 Å². The molecule has 0 fully saturated rings. The Morgan fingerprint density at radius 3 is 2.50 bits per heavy atom. The fourth-order valence-corrected chi connectivity index (χ4v) is 1.18. The van der Waals surface area contributed by atoms with Gasteiger partial charge in [-0.3, -0.25) is 0 Å². The molecule has 0 aliphatic rings. The molecule has 0 unspecified atom stereocenters. The highest BCUT2D eigenvalue weighted by Gasteiger charge is 2.06. The summed E-state index contributed by atoms with van der Waals surface area (Å²) in [5, 5.41) is 9.48. The van der Waals surface area contributed by atoms with Gasteiger partial charge in [0.15, 0.2) is 0 Å². The van der Waals surface area contributed by atoms with E-state index in [0.29, 0.717) is 0 Å². The fraction of sp³-hybridized carbons (Fsp3) is 0.727. The van der Waals surface area contributed by atoms with Crippen LogP contribution in [0.25, 0.3) is 0 Å². The number of hydrogen-bond acceptors (Lipinski definition) is 1. The van der Waals surface area contributed by atoms with Crippen LogP contribution < -0.4 is 0 Å². The van der Waals surface area contributed by atoms with Crippen molar-refractivity contribution >= 4 is 0 Å². The Hall–Kier alpha value is -0.520.